The minimum atomic E-state index is -3.06. The largest absolute Gasteiger partial charge is 0.489 e. The Labute approximate surface area is 246 Å². The van der Waals surface area contributed by atoms with Crippen LogP contribution in [0.25, 0.3) is 11.5 Å². The lowest BCUT2D eigenvalue weighted by Gasteiger charge is -2.21. The Kier molecular flexibility index (Phi) is 9.52. The number of alkyl halides is 2. The van der Waals surface area contributed by atoms with Crippen LogP contribution in [0.1, 0.15) is 68.4 Å². The van der Waals surface area contributed by atoms with Gasteiger partial charge in [0.2, 0.25) is 5.89 Å². The molecule has 1 aromatic heterocycles. The average Bonchev–Trinajstić information content (AvgIpc) is 3.62. The Balaban J connectivity index is 1.65. The normalized spacial score (nSPS) is 13.7. The number of rotatable bonds is 12. The summed E-state index contributed by atoms with van der Waals surface area (Å²) in [7, 11) is 0. The van der Waals surface area contributed by atoms with Crippen molar-refractivity contribution in [2.24, 2.45) is 5.92 Å². The van der Waals surface area contributed by atoms with Crippen molar-refractivity contribution in [1.29, 1.82) is 0 Å². The Hall–Kier alpha value is -4.68. The zero-order chi connectivity index (χ0) is 31.3. The van der Waals surface area contributed by atoms with E-state index in [-0.39, 0.29) is 35.3 Å². The number of carboxylic acid groups (broad SMARTS) is 1. The fourth-order valence-electron chi connectivity index (χ4n) is 3.97. The van der Waals surface area contributed by atoms with Crippen LogP contribution in [0.5, 0.6) is 11.5 Å². The number of halogens is 2. The van der Waals surface area contributed by atoms with Crippen molar-refractivity contribution in [3.63, 3.8) is 0 Å². The van der Waals surface area contributed by atoms with Crippen molar-refractivity contribution in [3.05, 3.63) is 59.5 Å². The molecule has 1 heterocycles. The van der Waals surface area contributed by atoms with E-state index in [0.717, 1.165) is 12.8 Å². The number of benzene rings is 2. The molecule has 1 fully saturated rings. The zero-order valence-corrected chi connectivity index (χ0v) is 24.1. The van der Waals surface area contributed by atoms with E-state index in [1.807, 2.05) is 0 Å². The van der Waals surface area contributed by atoms with Gasteiger partial charge in [-0.3, -0.25) is 9.59 Å². The van der Waals surface area contributed by atoms with Crippen LogP contribution in [0.2, 0.25) is 0 Å². The van der Waals surface area contributed by atoms with Gasteiger partial charge in [-0.25, -0.2) is 9.78 Å². The summed E-state index contributed by atoms with van der Waals surface area (Å²) in [6, 6.07) is 9.52. The number of carbonyl (C=O) groups is 3. The summed E-state index contributed by atoms with van der Waals surface area (Å²) in [6.45, 7) is 3.96. The summed E-state index contributed by atoms with van der Waals surface area (Å²) in [6.07, 6.45) is 1.04. The number of amides is 2. The lowest BCUT2D eigenvalue weighted by atomic mass is 10.1. The third kappa shape index (κ3) is 9.15. The van der Waals surface area contributed by atoms with E-state index < -0.39 is 36.2 Å². The molecular weight excluding hydrogens is 568 g/mol. The van der Waals surface area contributed by atoms with E-state index >= 15 is 0 Å². The van der Waals surface area contributed by atoms with Gasteiger partial charge >= 0.3 is 18.7 Å². The molecule has 2 amide bonds. The fourth-order valence-corrected chi connectivity index (χ4v) is 3.97. The van der Waals surface area contributed by atoms with Gasteiger partial charge in [0.25, 0.3) is 5.91 Å². The average molecular weight is 602 g/mol. The van der Waals surface area contributed by atoms with E-state index in [2.05, 4.69) is 20.4 Å². The number of aromatic nitrogens is 1. The highest BCUT2D eigenvalue weighted by molar-refractivity contribution is 6.04. The van der Waals surface area contributed by atoms with Gasteiger partial charge in [-0.2, -0.15) is 8.78 Å². The number of nitrogens with zero attached hydrogens (tertiary/aromatic N) is 1. The molecule has 3 aromatic rings. The lowest BCUT2D eigenvalue weighted by molar-refractivity contribution is -0.136. The van der Waals surface area contributed by atoms with Gasteiger partial charge in [0, 0.05) is 11.3 Å². The van der Waals surface area contributed by atoms with Crippen molar-refractivity contribution in [2.45, 2.75) is 65.2 Å². The van der Waals surface area contributed by atoms with Crippen LogP contribution in [-0.2, 0) is 16.0 Å². The second-order valence-electron chi connectivity index (χ2n) is 11.1. The molecule has 11 nitrogen and oxygen atoms in total. The number of nitrogens with one attached hydrogen (secondary N) is 2. The number of oxazole rings is 1. The minimum Gasteiger partial charge on any atom is -0.489 e. The first-order chi connectivity index (χ1) is 20.3. The van der Waals surface area contributed by atoms with Crippen LogP contribution in [0.15, 0.2) is 46.9 Å². The van der Waals surface area contributed by atoms with Crippen LogP contribution in [0.4, 0.5) is 19.3 Å². The molecule has 0 radical (unpaired) electrons. The molecule has 0 saturated heterocycles. The van der Waals surface area contributed by atoms with E-state index in [0.29, 0.717) is 29.3 Å². The van der Waals surface area contributed by atoms with Gasteiger partial charge < -0.3 is 34.4 Å². The Morgan fingerprint density at radius 1 is 1.09 bits per heavy atom. The standard InChI is InChI=1S/C30H33F2N3O8/c1-16(33-29(39)43-30(2,3)4)25-24(26(38)34-20-10-7-17(8-11-20)13-23(36)37)35-27(42-25)19-9-12-21(41-28(31)32)22(14-19)40-15-18-5-6-18/h7-12,14,16,18,28H,5-6,13,15H2,1-4H3,(H,33,39)(H,34,38)(H,36,37). The predicted molar refractivity (Wildman–Crippen MR) is 150 cm³/mol. The number of alkyl carbamates (subject to hydrolysis) is 1. The molecule has 1 unspecified atom stereocenters. The first kappa shape index (κ1) is 31.3. The summed E-state index contributed by atoms with van der Waals surface area (Å²) in [5.41, 5.74) is 0.301. The third-order valence-electron chi connectivity index (χ3n) is 6.14. The molecule has 1 saturated carbocycles. The van der Waals surface area contributed by atoms with E-state index in [1.54, 1.807) is 52.0 Å². The SMILES string of the molecule is CC(NC(=O)OC(C)(C)C)c1oc(-c2ccc(OC(F)F)c(OCC3CC3)c2)nc1C(=O)Nc1ccc(CC(=O)O)cc1. The van der Waals surface area contributed by atoms with Crippen molar-refractivity contribution < 1.29 is 46.9 Å². The van der Waals surface area contributed by atoms with Gasteiger partial charge in [0.05, 0.1) is 19.1 Å². The molecule has 0 aliphatic heterocycles. The lowest BCUT2D eigenvalue weighted by Crippen LogP contribution is -2.34. The molecule has 2 aromatic carbocycles. The van der Waals surface area contributed by atoms with Gasteiger partial charge in [-0.05, 0) is 82.3 Å². The quantitative estimate of drug-likeness (QED) is 0.221. The van der Waals surface area contributed by atoms with Crippen molar-refractivity contribution in [1.82, 2.24) is 10.3 Å². The number of aliphatic carboxylic acids is 1. The molecule has 3 N–H and O–H groups in total. The summed E-state index contributed by atoms with van der Waals surface area (Å²) < 4.78 is 47.7. The number of hydrogen-bond donors (Lipinski definition) is 3. The summed E-state index contributed by atoms with van der Waals surface area (Å²) in [4.78, 5) is 41.2. The maximum absolute atomic E-state index is 13.4. The summed E-state index contributed by atoms with van der Waals surface area (Å²) in [5, 5.41) is 14.3. The predicted octanol–water partition coefficient (Wildman–Crippen LogP) is 6.20. The van der Waals surface area contributed by atoms with Crippen LogP contribution >= 0.6 is 0 Å². The number of carboxylic acids is 1. The molecule has 0 bridgehead atoms. The highest BCUT2D eigenvalue weighted by Gasteiger charge is 2.29. The van der Waals surface area contributed by atoms with Gasteiger partial charge in [0.1, 0.15) is 5.60 Å². The van der Waals surface area contributed by atoms with Crippen LogP contribution in [-0.4, -0.2) is 46.9 Å². The van der Waals surface area contributed by atoms with Crippen molar-refractivity contribution >= 4 is 23.7 Å². The first-order valence-electron chi connectivity index (χ1n) is 13.6. The molecule has 13 heteroatoms. The minimum absolute atomic E-state index is 0.00853. The topological polar surface area (TPSA) is 149 Å². The Bertz CT molecular complexity index is 1460. The number of ether oxygens (including phenoxy) is 3. The third-order valence-corrected chi connectivity index (χ3v) is 6.14. The summed E-state index contributed by atoms with van der Waals surface area (Å²) in [5.74, 6) is -1.43. The maximum Gasteiger partial charge on any atom is 0.408 e. The molecule has 1 aliphatic carbocycles. The van der Waals surface area contributed by atoms with E-state index in [4.69, 9.17) is 19.0 Å². The van der Waals surface area contributed by atoms with Gasteiger partial charge in [0.15, 0.2) is 23.0 Å². The molecule has 0 spiro atoms. The molecule has 230 valence electrons. The number of hydrogen-bond acceptors (Lipinski definition) is 8. The monoisotopic (exact) mass is 601 g/mol. The molecule has 4 rings (SSSR count). The van der Waals surface area contributed by atoms with E-state index in [9.17, 15) is 23.2 Å². The van der Waals surface area contributed by atoms with Gasteiger partial charge in [-0.15, -0.1) is 0 Å². The Morgan fingerprint density at radius 3 is 2.40 bits per heavy atom. The highest BCUT2D eigenvalue weighted by Crippen LogP contribution is 2.37. The van der Waals surface area contributed by atoms with Crippen molar-refractivity contribution in [3.8, 4) is 23.0 Å². The molecule has 1 atom stereocenters. The first-order valence-corrected chi connectivity index (χ1v) is 13.6. The smallest absolute Gasteiger partial charge is 0.408 e. The Morgan fingerprint density at radius 2 is 1.79 bits per heavy atom. The second kappa shape index (κ2) is 13.1. The van der Waals surface area contributed by atoms with E-state index in [1.165, 1.54) is 18.2 Å². The summed E-state index contributed by atoms with van der Waals surface area (Å²) >= 11 is 0. The van der Waals surface area contributed by atoms with Gasteiger partial charge in [-0.1, -0.05) is 12.1 Å². The van der Waals surface area contributed by atoms with Crippen molar-refractivity contribution in [2.75, 3.05) is 11.9 Å². The molecule has 1 aliphatic rings. The fraction of sp³-hybridized carbons (Fsp3) is 0.400. The second-order valence-corrected chi connectivity index (χ2v) is 11.1. The zero-order valence-electron chi connectivity index (χ0n) is 24.1. The highest BCUT2D eigenvalue weighted by atomic mass is 19.3. The molecule has 43 heavy (non-hydrogen) atoms. The maximum atomic E-state index is 13.4. The number of carbonyl (C=O) groups excluding carboxylic acids is 2. The number of anilines is 1. The van der Waals surface area contributed by atoms with Crippen LogP contribution in [0, 0.1) is 5.92 Å². The molecular formula is C30H33F2N3O8. The van der Waals surface area contributed by atoms with Crippen LogP contribution in [0.3, 0.4) is 0 Å². The van der Waals surface area contributed by atoms with Crippen LogP contribution < -0.4 is 20.1 Å².